The van der Waals surface area contributed by atoms with E-state index in [4.69, 9.17) is 4.74 Å². The van der Waals surface area contributed by atoms with Crippen molar-refractivity contribution < 1.29 is 22.3 Å². The standard InChI is InChI=1S/C10H8F4O.C3H8/c11-9-4-7(10(12,13)14)3-6-5-15-2-1-8(6)9;1-3-2/h3-4H,1-2,5H2;3H2,1-2H3. The SMILES string of the molecule is CCC.Fc1cc(C(F)(F)F)cc2c1CCOC2. The van der Waals surface area contributed by atoms with E-state index in [2.05, 4.69) is 13.8 Å². The first-order valence-corrected chi connectivity index (χ1v) is 5.86. The molecule has 0 N–H and O–H groups in total. The van der Waals surface area contributed by atoms with Gasteiger partial charge >= 0.3 is 6.18 Å². The molecule has 0 atom stereocenters. The lowest BCUT2D eigenvalue weighted by atomic mass is 9.99. The number of halogens is 4. The average Bonchev–Trinajstić information content (AvgIpc) is 2.29. The molecule has 0 saturated carbocycles. The Balaban J connectivity index is 0.000000492. The highest BCUT2D eigenvalue weighted by atomic mass is 19.4. The van der Waals surface area contributed by atoms with Gasteiger partial charge in [0.2, 0.25) is 0 Å². The Bertz CT molecular complexity index is 399. The zero-order valence-corrected chi connectivity index (χ0v) is 10.4. The summed E-state index contributed by atoms with van der Waals surface area (Å²) in [6.07, 6.45) is -2.92. The Morgan fingerprint density at radius 3 is 2.39 bits per heavy atom. The molecular weight excluding hydrogens is 248 g/mol. The van der Waals surface area contributed by atoms with E-state index in [1.165, 1.54) is 6.42 Å². The van der Waals surface area contributed by atoms with Gasteiger partial charge in [-0.3, -0.25) is 0 Å². The predicted octanol–water partition coefficient (Wildman–Crippen LogP) is 4.33. The first kappa shape index (κ1) is 15.0. The van der Waals surface area contributed by atoms with Crippen molar-refractivity contribution in [1.29, 1.82) is 0 Å². The van der Waals surface area contributed by atoms with Gasteiger partial charge < -0.3 is 4.74 Å². The molecule has 0 bridgehead atoms. The molecule has 102 valence electrons. The Kier molecular flexibility index (Phi) is 5.14. The highest BCUT2D eigenvalue weighted by Gasteiger charge is 2.32. The van der Waals surface area contributed by atoms with E-state index < -0.39 is 17.6 Å². The zero-order chi connectivity index (χ0) is 13.8. The Labute approximate surface area is 104 Å². The maximum atomic E-state index is 13.3. The fourth-order valence-electron chi connectivity index (χ4n) is 1.62. The highest BCUT2D eigenvalue weighted by molar-refractivity contribution is 5.35. The van der Waals surface area contributed by atoms with Crippen LogP contribution in [0.3, 0.4) is 0 Å². The smallest absolute Gasteiger partial charge is 0.376 e. The largest absolute Gasteiger partial charge is 0.416 e. The fraction of sp³-hybridized carbons (Fsp3) is 0.538. The van der Waals surface area contributed by atoms with Gasteiger partial charge in [-0.05, 0) is 29.7 Å². The van der Waals surface area contributed by atoms with Crippen LogP contribution in [0.25, 0.3) is 0 Å². The fourth-order valence-corrected chi connectivity index (χ4v) is 1.62. The number of rotatable bonds is 0. The monoisotopic (exact) mass is 264 g/mol. The average molecular weight is 264 g/mol. The second-order valence-electron chi connectivity index (χ2n) is 4.10. The topological polar surface area (TPSA) is 9.23 Å². The van der Waals surface area contributed by atoms with E-state index in [1.807, 2.05) is 0 Å². The molecule has 0 aromatic heterocycles. The number of benzene rings is 1. The van der Waals surface area contributed by atoms with E-state index in [1.54, 1.807) is 0 Å². The lowest BCUT2D eigenvalue weighted by molar-refractivity contribution is -0.137. The lowest BCUT2D eigenvalue weighted by Crippen LogP contribution is -2.15. The van der Waals surface area contributed by atoms with E-state index in [-0.39, 0.29) is 6.61 Å². The van der Waals surface area contributed by atoms with Gasteiger partial charge in [0, 0.05) is 0 Å². The van der Waals surface area contributed by atoms with Crippen LogP contribution in [-0.2, 0) is 23.9 Å². The number of hydrogen-bond acceptors (Lipinski definition) is 1. The molecule has 5 heteroatoms. The predicted molar refractivity (Wildman–Crippen MR) is 60.7 cm³/mol. The minimum atomic E-state index is -4.51. The molecule has 0 spiro atoms. The lowest BCUT2D eigenvalue weighted by Gasteiger charge is -2.19. The summed E-state index contributed by atoms with van der Waals surface area (Å²) in [5.41, 5.74) is -0.313. The summed E-state index contributed by atoms with van der Waals surface area (Å²) >= 11 is 0. The Morgan fingerprint density at radius 1 is 1.22 bits per heavy atom. The van der Waals surface area contributed by atoms with Crippen molar-refractivity contribution in [1.82, 2.24) is 0 Å². The van der Waals surface area contributed by atoms with Crippen LogP contribution in [0.4, 0.5) is 17.6 Å². The van der Waals surface area contributed by atoms with Crippen molar-refractivity contribution in [2.75, 3.05) is 6.61 Å². The van der Waals surface area contributed by atoms with Gasteiger partial charge in [-0.25, -0.2) is 4.39 Å². The number of alkyl halides is 3. The summed E-state index contributed by atoms with van der Waals surface area (Å²) in [7, 11) is 0. The molecule has 1 aliphatic rings. The molecule has 0 aliphatic carbocycles. The highest BCUT2D eigenvalue weighted by Crippen LogP contribution is 2.33. The van der Waals surface area contributed by atoms with Gasteiger partial charge in [0.15, 0.2) is 0 Å². The minimum Gasteiger partial charge on any atom is -0.376 e. The quantitative estimate of drug-likeness (QED) is 0.633. The van der Waals surface area contributed by atoms with Crippen molar-refractivity contribution in [2.45, 2.75) is 39.5 Å². The van der Waals surface area contributed by atoms with Crippen LogP contribution in [-0.4, -0.2) is 6.61 Å². The third-order valence-electron chi connectivity index (χ3n) is 2.37. The molecule has 0 amide bonds. The molecule has 0 saturated heterocycles. The van der Waals surface area contributed by atoms with E-state index in [0.29, 0.717) is 30.2 Å². The first-order chi connectivity index (χ1) is 8.40. The van der Waals surface area contributed by atoms with Crippen LogP contribution >= 0.6 is 0 Å². The second kappa shape index (κ2) is 6.18. The van der Waals surface area contributed by atoms with Gasteiger partial charge in [-0.1, -0.05) is 20.3 Å². The molecule has 1 aromatic rings. The van der Waals surface area contributed by atoms with E-state index in [0.717, 1.165) is 6.07 Å². The third kappa shape index (κ3) is 3.70. The van der Waals surface area contributed by atoms with E-state index in [9.17, 15) is 17.6 Å². The molecular formula is C13H16F4O. The van der Waals surface area contributed by atoms with Crippen LogP contribution in [0, 0.1) is 5.82 Å². The summed E-state index contributed by atoms with van der Waals surface area (Å²) in [5.74, 6) is -0.789. The van der Waals surface area contributed by atoms with Crippen LogP contribution in [0.5, 0.6) is 0 Å². The summed E-state index contributed by atoms with van der Waals surface area (Å²) in [6, 6.07) is 1.50. The minimum absolute atomic E-state index is 0.0518. The number of fused-ring (bicyclic) bond motifs is 1. The molecule has 1 nitrogen and oxygen atoms in total. The first-order valence-electron chi connectivity index (χ1n) is 5.86. The zero-order valence-electron chi connectivity index (χ0n) is 10.4. The van der Waals surface area contributed by atoms with Crippen molar-refractivity contribution >= 4 is 0 Å². The van der Waals surface area contributed by atoms with Gasteiger partial charge in [-0.2, -0.15) is 13.2 Å². The molecule has 2 rings (SSSR count). The summed E-state index contributed by atoms with van der Waals surface area (Å²) in [5, 5.41) is 0. The normalized spacial score (nSPS) is 14.6. The second-order valence-corrected chi connectivity index (χ2v) is 4.10. The summed E-state index contributed by atoms with van der Waals surface area (Å²) in [4.78, 5) is 0. The number of ether oxygens (including phenoxy) is 1. The molecule has 1 aliphatic heterocycles. The molecule has 1 heterocycles. The number of hydrogen-bond donors (Lipinski definition) is 0. The Hall–Kier alpha value is -1.10. The molecule has 1 aromatic carbocycles. The van der Waals surface area contributed by atoms with Crippen molar-refractivity contribution in [3.8, 4) is 0 Å². The van der Waals surface area contributed by atoms with Crippen molar-refractivity contribution in [3.63, 3.8) is 0 Å². The van der Waals surface area contributed by atoms with E-state index >= 15 is 0 Å². The van der Waals surface area contributed by atoms with Crippen LogP contribution in [0.1, 0.15) is 37.0 Å². The van der Waals surface area contributed by atoms with Crippen molar-refractivity contribution in [3.05, 3.63) is 34.6 Å². The van der Waals surface area contributed by atoms with Crippen LogP contribution < -0.4 is 0 Å². The molecule has 0 fully saturated rings. The molecule has 0 radical (unpaired) electrons. The Morgan fingerprint density at radius 2 is 1.83 bits per heavy atom. The van der Waals surface area contributed by atoms with Crippen molar-refractivity contribution in [2.24, 2.45) is 0 Å². The maximum Gasteiger partial charge on any atom is 0.416 e. The van der Waals surface area contributed by atoms with Gasteiger partial charge in [-0.15, -0.1) is 0 Å². The molecule has 18 heavy (non-hydrogen) atoms. The van der Waals surface area contributed by atoms with Crippen LogP contribution in [0.15, 0.2) is 12.1 Å². The van der Waals surface area contributed by atoms with Crippen LogP contribution in [0.2, 0.25) is 0 Å². The molecule has 0 unspecified atom stereocenters. The third-order valence-corrected chi connectivity index (χ3v) is 2.37. The van der Waals surface area contributed by atoms with Gasteiger partial charge in [0.25, 0.3) is 0 Å². The van der Waals surface area contributed by atoms with Gasteiger partial charge in [0.1, 0.15) is 5.82 Å². The maximum absolute atomic E-state index is 13.3. The van der Waals surface area contributed by atoms with Gasteiger partial charge in [0.05, 0.1) is 18.8 Å². The summed E-state index contributed by atoms with van der Waals surface area (Å²) < 4.78 is 55.3. The summed E-state index contributed by atoms with van der Waals surface area (Å²) in [6.45, 7) is 4.66.